The zero-order chi connectivity index (χ0) is 11.5. The van der Waals surface area contributed by atoms with Gasteiger partial charge in [-0.05, 0) is 36.7 Å². The van der Waals surface area contributed by atoms with Gasteiger partial charge in [0.15, 0.2) is 0 Å². The van der Waals surface area contributed by atoms with E-state index in [-0.39, 0.29) is 1.43 Å². The van der Waals surface area contributed by atoms with Crippen LogP contribution in [0.3, 0.4) is 0 Å². The van der Waals surface area contributed by atoms with Crippen molar-refractivity contribution < 1.29 is 11.4 Å². The highest BCUT2D eigenvalue weighted by Crippen LogP contribution is 2.25. The molecule has 88 valence electrons. The van der Waals surface area contributed by atoms with Crippen LogP contribution in [0.5, 0.6) is 5.75 Å². The monoisotopic (exact) mass is 223 g/mol. The van der Waals surface area contributed by atoms with Gasteiger partial charge in [0.25, 0.3) is 0 Å². The van der Waals surface area contributed by atoms with E-state index in [0.717, 1.165) is 28.6 Å². The maximum Gasteiger partial charge on any atom is 0.119 e. The summed E-state index contributed by atoms with van der Waals surface area (Å²) >= 11 is 0. The van der Waals surface area contributed by atoms with E-state index in [4.69, 9.17) is 15.7 Å². The van der Waals surface area contributed by atoms with E-state index in [2.05, 4.69) is 5.59 Å². The van der Waals surface area contributed by atoms with Crippen LogP contribution in [0.4, 0.5) is 0 Å². The van der Waals surface area contributed by atoms with E-state index in [9.17, 15) is 0 Å². The zero-order valence-corrected chi connectivity index (χ0v) is 9.10. The summed E-state index contributed by atoms with van der Waals surface area (Å²) in [6, 6.07) is 5.67. The molecule has 5 heteroatoms. The van der Waals surface area contributed by atoms with Gasteiger partial charge in [-0.2, -0.15) is 0 Å². The number of rotatable bonds is 4. The summed E-state index contributed by atoms with van der Waals surface area (Å²) in [7, 11) is 1.63. The van der Waals surface area contributed by atoms with Crippen molar-refractivity contribution in [3.05, 3.63) is 30.0 Å². The highest BCUT2D eigenvalue weighted by atomic mass is 16.5. The summed E-state index contributed by atoms with van der Waals surface area (Å²) in [5, 5.41) is 10.0. The summed E-state index contributed by atoms with van der Waals surface area (Å²) in [4.78, 5) is 0. The SMILES string of the molecule is COc1ccc2c(c1)c(CCN)cn2NO.[HH]. The second-order valence-corrected chi connectivity index (χ2v) is 3.55. The normalized spacial score (nSPS) is 10.7. The first-order chi connectivity index (χ1) is 7.80. The summed E-state index contributed by atoms with van der Waals surface area (Å²) in [6.45, 7) is 0.571. The number of ether oxygens (including phenoxy) is 1. The molecule has 0 atom stereocenters. The van der Waals surface area contributed by atoms with Gasteiger partial charge in [-0.15, -0.1) is 0 Å². The molecule has 0 unspecified atom stereocenters. The molecule has 4 N–H and O–H groups in total. The van der Waals surface area contributed by atoms with Gasteiger partial charge in [0.1, 0.15) is 5.75 Å². The Balaban J connectivity index is 0.00000144. The van der Waals surface area contributed by atoms with Crippen molar-refractivity contribution in [3.63, 3.8) is 0 Å². The third-order valence-electron chi connectivity index (χ3n) is 2.62. The molecule has 2 rings (SSSR count). The Kier molecular flexibility index (Phi) is 2.98. The Morgan fingerprint density at radius 1 is 1.56 bits per heavy atom. The number of nitrogens with two attached hydrogens (primary N) is 1. The predicted octanol–water partition coefficient (Wildman–Crippen LogP) is 1.33. The van der Waals surface area contributed by atoms with Crippen LogP contribution in [-0.2, 0) is 6.42 Å². The number of benzene rings is 1. The van der Waals surface area contributed by atoms with Crippen LogP contribution in [0, 0.1) is 0 Å². The number of fused-ring (bicyclic) bond motifs is 1. The van der Waals surface area contributed by atoms with Gasteiger partial charge < -0.3 is 10.5 Å². The fourth-order valence-electron chi connectivity index (χ4n) is 1.84. The summed E-state index contributed by atoms with van der Waals surface area (Å²) in [5.41, 5.74) is 9.65. The summed E-state index contributed by atoms with van der Waals surface area (Å²) in [6.07, 6.45) is 2.59. The van der Waals surface area contributed by atoms with E-state index < -0.39 is 0 Å². The lowest BCUT2D eigenvalue weighted by atomic mass is 10.1. The molecule has 0 aliphatic heterocycles. The van der Waals surface area contributed by atoms with Gasteiger partial charge in [-0.25, -0.2) is 10.3 Å². The first-order valence-electron chi connectivity index (χ1n) is 5.08. The molecule has 0 amide bonds. The molecule has 0 radical (unpaired) electrons. The lowest BCUT2D eigenvalue weighted by molar-refractivity contribution is 0.322. The quantitative estimate of drug-likeness (QED) is 0.684. The van der Waals surface area contributed by atoms with Crippen LogP contribution >= 0.6 is 0 Å². The number of hydrogen-bond donors (Lipinski definition) is 3. The molecule has 5 nitrogen and oxygen atoms in total. The number of nitrogens with zero attached hydrogens (tertiary/aromatic N) is 1. The molecular weight excluding hydrogens is 206 g/mol. The first kappa shape index (κ1) is 10.8. The van der Waals surface area contributed by atoms with Crippen molar-refractivity contribution in [1.29, 1.82) is 0 Å². The molecular formula is C11H17N3O2. The number of nitrogens with one attached hydrogen (secondary N) is 1. The maximum absolute atomic E-state index is 8.99. The topological polar surface area (TPSA) is 72.4 Å². The van der Waals surface area contributed by atoms with Gasteiger partial charge in [0.05, 0.1) is 12.6 Å². The molecule has 0 aliphatic rings. The van der Waals surface area contributed by atoms with Gasteiger partial charge in [-0.1, -0.05) is 0 Å². The van der Waals surface area contributed by atoms with Crippen LogP contribution in [0.1, 0.15) is 6.99 Å². The van der Waals surface area contributed by atoms with Crippen molar-refractivity contribution >= 4 is 10.9 Å². The van der Waals surface area contributed by atoms with E-state index in [1.807, 2.05) is 24.4 Å². The van der Waals surface area contributed by atoms with Crippen LogP contribution in [0.15, 0.2) is 24.4 Å². The molecule has 0 fully saturated rings. The Hall–Kier alpha value is -1.72. The lowest BCUT2D eigenvalue weighted by Gasteiger charge is -2.03. The average molecular weight is 223 g/mol. The van der Waals surface area contributed by atoms with Crippen LogP contribution in [0.25, 0.3) is 10.9 Å². The Morgan fingerprint density at radius 2 is 2.38 bits per heavy atom. The molecule has 16 heavy (non-hydrogen) atoms. The van der Waals surface area contributed by atoms with Crippen LogP contribution in [0.2, 0.25) is 0 Å². The number of aromatic nitrogens is 1. The molecule has 0 spiro atoms. The third kappa shape index (κ3) is 1.70. The van der Waals surface area contributed by atoms with Gasteiger partial charge >= 0.3 is 0 Å². The van der Waals surface area contributed by atoms with Gasteiger partial charge in [-0.3, -0.25) is 5.21 Å². The van der Waals surface area contributed by atoms with Crippen molar-refractivity contribution in [2.75, 3.05) is 19.2 Å². The second-order valence-electron chi connectivity index (χ2n) is 3.55. The number of methoxy groups -OCH3 is 1. The summed E-state index contributed by atoms with van der Waals surface area (Å²) in [5.74, 6) is 0.793. The van der Waals surface area contributed by atoms with E-state index in [1.54, 1.807) is 11.8 Å². The van der Waals surface area contributed by atoms with Crippen molar-refractivity contribution in [2.24, 2.45) is 5.73 Å². The lowest BCUT2D eigenvalue weighted by Crippen LogP contribution is -2.07. The standard InChI is InChI=1S/C11H15N3O2.H2/c1-16-9-2-3-11-10(6-9)8(4-5-12)7-14(11)13-15;/h2-3,6-7,13,15H,4-5,12H2,1H3;1H. The molecule has 1 aromatic carbocycles. The maximum atomic E-state index is 8.99. The minimum Gasteiger partial charge on any atom is -0.497 e. The van der Waals surface area contributed by atoms with Crippen LogP contribution in [-0.4, -0.2) is 23.5 Å². The predicted molar refractivity (Wildman–Crippen MR) is 64.5 cm³/mol. The minimum atomic E-state index is 0. The highest BCUT2D eigenvalue weighted by Gasteiger charge is 2.08. The van der Waals surface area contributed by atoms with Gasteiger partial charge in [0, 0.05) is 13.0 Å². The van der Waals surface area contributed by atoms with Crippen LogP contribution < -0.4 is 16.1 Å². The Bertz CT molecular complexity index is 499. The second kappa shape index (κ2) is 4.42. The third-order valence-corrected chi connectivity index (χ3v) is 2.62. The molecule has 0 aliphatic carbocycles. The average Bonchev–Trinajstić information content (AvgIpc) is 2.67. The van der Waals surface area contributed by atoms with E-state index in [1.165, 1.54) is 0 Å². The number of hydrogen-bond acceptors (Lipinski definition) is 4. The van der Waals surface area contributed by atoms with Gasteiger partial charge in [0.2, 0.25) is 0 Å². The fraction of sp³-hybridized carbons (Fsp3) is 0.273. The molecule has 1 aromatic heterocycles. The first-order valence-corrected chi connectivity index (χ1v) is 5.08. The Morgan fingerprint density at radius 3 is 3.00 bits per heavy atom. The minimum absolute atomic E-state index is 0. The molecule has 0 saturated carbocycles. The van der Waals surface area contributed by atoms with E-state index in [0.29, 0.717) is 6.54 Å². The van der Waals surface area contributed by atoms with Crippen molar-refractivity contribution in [2.45, 2.75) is 6.42 Å². The molecule has 1 heterocycles. The highest BCUT2D eigenvalue weighted by molar-refractivity contribution is 5.85. The fourth-order valence-corrected chi connectivity index (χ4v) is 1.84. The summed E-state index contributed by atoms with van der Waals surface area (Å²) < 4.78 is 6.73. The Labute approximate surface area is 94.8 Å². The van der Waals surface area contributed by atoms with E-state index >= 15 is 0 Å². The smallest absolute Gasteiger partial charge is 0.119 e. The van der Waals surface area contributed by atoms with Crippen molar-refractivity contribution in [3.8, 4) is 5.75 Å². The molecule has 0 bridgehead atoms. The molecule has 2 aromatic rings. The molecule has 0 saturated heterocycles. The zero-order valence-electron chi connectivity index (χ0n) is 9.10. The van der Waals surface area contributed by atoms with Crippen molar-refractivity contribution in [1.82, 2.24) is 4.68 Å². The largest absolute Gasteiger partial charge is 0.497 e.